The minimum atomic E-state index is 0.785. The van der Waals surface area contributed by atoms with E-state index in [1.165, 1.54) is 17.5 Å². The van der Waals surface area contributed by atoms with E-state index in [2.05, 4.69) is 18.0 Å². The Hall–Kier alpha value is -1.09. The zero-order valence-electron chi connectivity index (χ0n) is 10.9. The summed E-state index contributed by atoms with van der Waals surface area (Å²) in [5, 5.41) is 0.798. The van der Waals surface area contributed by atoms with E-state index in [1.54, 1.807) is 11.3 Å². The third-order valence-corrected chi connectivity index (χ3v) is 3.20. The van der Waals surface area contributed by atoms with Gasteiger partial charge >= 0.3 is 0 Å². The van der Waals surface area contributed by atoms with Gasteiger partial charge in [-0.05, 0) is 18.6 Å². The fraction of sp³-hybridized carbons (Fsp3) is 0.500. The number of thiazole rings is 1. The van der Waals surface area contributed by atoms with Gasteiger partial charge in [-0.15, -0.1) is 0 Å². The minimum Gasteiger partial charge on any atom is -0.470 e. The number of benzene rings is 1. The summed E-state index contributed by atoms with van der Waals surface area (Å²) in [6.45, 7) is 6.98. The van der Waals surface area contributed by atoms with Crippen LogP contribution in [-0.2, 0) is 0 Å². The van der Waals surface area contributed by atoms with Gasteiger partial charge in [0.2, 0.25) is 0 Å². The molecule has 0 atom stereocenters. The van der Waals surface area contributed by atoms with Gasteiger partial charge in [0.05, 0.1) is 16.8 Å². The molecule has 0 spiro atoms. The van der Waals surface area contributed by atoms with Gasteiger partial charge in [-0.3, -0.25) is 0 Å². The highest BCUT2D eigenvalue weighted by atomic mass is 32.1. The van der Waals surface area contributed by atoms with Gasteiger partial charge < -0.3 is 4.74 Å². The number of aromatic nitrogens is 1. The second-order valence-corrected chi connectivity index (χ2v) is 4.50. The van der Waals surface area contributed by atoms with Crippen LogP contribution >= 0.6 is 11.3 Å². The molecule has 0 unspecified atom stereocenters. The van der Waals surface area contributed by atoms with E-state index < -0.39 is 0 Å². The lowest BCUT2D eigenvalue weighted by Gasteiger charge is -1.99. The molecule has 94 valence electrons. The zero-order valence-corrected chi connectivity index (χ0v) is 11.7. The fourth-order valence-electron chi connectivity index (χ4n) is 1.42. The molecule has 0 radical (unpaired) electrons. The average molecular weight is 251 g/mol. The van der Waals surface area contributed by atoms with Crippen LogP contribution in [0.3, 0.4) is 0 Å². The van der Waals surface area contributed by atoms with Crippen LogP contribution in [0.1, 0.15) is 40.0 Å². The Bertz CT molecular complexity index is 392. The van der Waals surface area contributed by atoms with E-state index in [1.807, 2.05) is 32.0 Å². The highest BCUT2D eigenvalue weighted by Crippen LogP contribution is 2.27. The van der Waals surface area contributed by atoms with Crippen LogP contribution in [0.2, 0.25) is 0 Å². The van der Waals surface area contributed by atoms with E-state index in [0.29, 0.717) is 0 Å². The van der Waals surface area contributed by atoms with Gasteiger partial charge in [0.25, 0.3) is 5.19 Å². The maximum absolute atomic E-state index is 5.60. The summed E-state index contributed by atoms with van der Waals surface area (Å²) in [5.74, 6) is 0. The predicted octanol–water partition coefficient (Wildman–Crippen LogP) is 4.89. The Morgan fingerprint density at radius 3 is 2.65 bits per heavy atom. The van der Waals surface area contributed by atoms with Crippen molar-refractivity contribution >= 4 is 21.6 Å². The second-order valence-electron chi connectivity index (χ2n) is 3.50. The van der Waals surface area contributed by atoms with E-state index in [0.717, 1.165) is 23.7 Å². The quantitative estimate of drug-likeness (QED) is 0.706. The van der Waals surface area contributed by atoms with Crippen LogP contribution in [0.15, 0.2) is 24.3 Å². The SMILES string of the molecule is CC.CCCCCOc1nc2ccccc2s1. The highest BCUT2D eigenvalue weighted by Gasteiger charge is 2.02. The largest absolute Gasteiger partial charge is 0.470 e. The van der Waals surface area contributed by atoms with Gasteiger partial charge in [0, 0.05) is 0 Å². The molecule has 1 aromatic heterocycles. The standard InChI is InChI=1S/C12H15NOS.C2H6/c1-2-3-6-9-14-12-13-10-7-4-5-8-11(10)15-12;1-2/h4-5,7-8H,2-3,6,9H2,1H3;1-2H3. The molecule has 0 bridgehead atoms. The molecule has 0 fully saturated rings. The van der Waals surface area contributed by atoms with Crippen LogP contribution in [0.4, 0.5) is 0 Å². The van der Waals surface area contributed by atoms with Crippen LogP contribution in [0.5, 0.6) is 5.19 Å². The highest BCUT2D eigenvalue weighted by molar-refractivity contribution is 7.20. The second kappa shape index (κ2) is 8.07. The maximum atomic E-state index is 5.60. The lowest BCUT2D eigenvalue weighted by Crippen LogP contribution is -1.95. The van der Waals surface area contributed by atoms with Crippen molar-refractivity contribution in [3.63, 3.8) is 0 Å². The summed E-state index contributed by atoms with van der Waals surface area (Å²) in [6.07, 6.45) is 3.57. The van der Waals surface area contributed by atoms with Crippen molar-refractivity contribution in [3.05, 3.63) is 24.3 Å². The van der Waals surface area contributed by atoms with Crippen molar-refractivity contribution in [1.29, 1.82) is 0 Å². The van der Waals surface area contributed by atoms with Crippen molar-refractivity contribution in [1.82, 2.24) is 4.98 Å². The minimum absolute atomic E-state index is 0.785. The number of nitrogens with zero attached hydrogens (tertiary/aromatic N) is 1. The number of ether oxygens (including phenoxy) is 1. The summed E-state index contributed by atoms with van der Waals surface area (Å²) >= 11 is 1.62. The number of hydrogen-bond donors (Lipinski definition) is 0. The van der Waals surface area contributed by atoms with Crippen LogP contribution in [-0.4, -0.2) is 11.6 Å². The smallest absolute Gasteiger partial charge is 0.274 e. The van der Waals surface area contributed by atoms with E-state index in [4.69, 9.17) is 4.74 Å². The topological polar surface area (TPSA) is 22.1 Å². The van der Waals surface area contributed by atoms with Gasteiger partial charge in [-0.25, -0.2) is 4.98 Å². The predicted molar refractivity (Wildman–Crippen MR) is 76.0 cm³/mol. The fourth-order valence-corrected chi connectivity index (χ4v) is 2.26. The van der Waals surface area contributed by atoms with E-state index in [-0.39, 0.29) is 0 Å². The molecule has 0 aliphatic carbocycles. The lowest BCUT2D eigenvalue weighted by atomic mass is 10.3. The molecule has 0 saturated carbocycles. The molecule has 0 aliphatic rings. The first-order valence-corrected chi connectivity index (χ1v) is 7.20. The Morgan fingerprint density at radius 1 is 1.18 bits per heavy atom. The van der Waals surface area contributed by atoms with Crippen molar-refractivity contribution in [3.8, 4) is 5.19 Å². The molecule has 0 saturated heterocycles. The molecule has 0 amide bonds. The van der Waals surface area contributed by atoms with Crippen LogP contribution in [0, 0.1) is 0 Å². The molecule has 0 aliphatic heterocycles. The van der Waals surface area contributed by atoms with Gasteiger partial charge in [0.15, 0.2) is 0 Å². The van der Waals surface area contributed by atoms with Crippen LogP contribution < -0.4 is 4.74 Å². The summed E-state index contributed by atoms with van der Waals surface area (Å²) in [5.41, 5.74) is 1.04. The number of unbranched alkanes of at least 4 members (excludes halogenated alkanes) is 2. The molecule has 1 aromatic carbocycles. The Balaban J connectivity index is 0.000000686. The van der Waals surface area contributed by atoms with Crippen molar-refractivity contribution in [2.24, 2.45) is 0 Å². The molecular weight excluding hydrogens is 230 g/mol. The number of hydrogen-bond acceptors (Lipinski definition) is 3. The molecule has 3 heteroatoms. The monoisotopic (exact) mass is 251 g/mol. The Kier molecular flexibility index (Phi) is 6.63. The first kappa shape index (κ1) is 14.0. The molecular formula is C14H21NOS. The van der Waals surface area contributed by atoms with Crippen LogP contribution in [0.25, 0.3) is 10.2 Å². The molecule has 2 nitrogen and oxygen atoms in total. The first-order valence-electron chi connectivity index (χ1n) is 6.38. The van der Waals surface area contributed by atoms with E-state index in [9.17, 15) is 0 Å². The summed E-state index contributed by atoms with van der Waals surface area (Å²) in [4.78, 5) is 4.41. The Morgan fingerprint density at radius 2 is 1.94 bits per heavy atom. The van der Waals surface area contributed by atoms with Crippen molar-refractivity contribution < 1.29 is 4.74 Å². The summed E-state index contributed by atoms with van der Waals surface area (Å²) in [7, 11) is 0. The maximum Gasteiger partial charge on any atom is 0.274 e. The third-order valence-electron chi connectivity index (χ3n) is 2.25. The molecule has 2 aromatic rings. The van der Waals surface area contributed by atoms with Crippen molar-refractivity contribution in [2.75, 3.05) is 6.61 Å². The van der Waals surface area contributed by atoms with Gasteiger partial charge in [0.1, 0.15) is 0 Å². The van der Waals surface area contributed by atoms with Gasteiger partial charge in [-0.2, -0.15) is 0 Å². The molecule has 1 heterocycles. The number of rotatable bonds is 5. The molecule has 2 rings (SSSR count). The molecule has 0 N–H and O–H groups in total. The summed E-state index contributed by atoms with van der Waals surface area (Å²) in [6, 6.07) is 8.13. The Labute approximate surface area is 108 Å². The third kappa shape index (κ3) is 4.35. The van der Waals surface area contributed by atoms with Gasteiger partial charge in [-0.1, -0.05) is 57.1 Å². The van der Waals surface area contributed by atoms with Crippen molar-refractivity contribution in [2.45, 2.75) is 40.0 Å². The molecule has 17 heavy (non-hydrogen) atoms. The van der Waals surface area contributed by atoms with E-state index >= 15 is 0 Å². The number of para-hydroxylation sites is 1. The summed E-state index contributed by atoms with van der Waals surface area (Å²) < 4.78 is 6.80. The number of fused-ring (bicyclic) bond motifs is 1. The zero-order chi connectivity index (χ0) is 12.5. The normalized spacial score (nSPS) is 9.82. The lowest BCUT2D eigenvalue weighted by molar-refractivity contribution is 0.305. The first-order chi connectivity index (χ1) is 8.40. The average Bonchev–Trinajstić information content (AvgIpc) is 2.80.